The summed E-state index contributed by atoms with van der Waals surface area (Å²) < 4.78 is 5.39. The molecule has 0 bridgehead atoms. The third kappa shape index (κ3) is 6.18. The van der Waals surface area contributed by atoms with Crippen LogP contribution < -0.4 is 0 Å². The van der Waals surface area contributed by atoms with Crippen LogP contribution in [0.1, 0.15) is 25.3 Å². The van der Waals surface area contributed by atoms with Crippen molar-refractivity contribution >= 4 is 18.2 Å². The van der Waals surface area contributed by atoms with Crippen molar-refractivity contribution < 1.29 is 23.9 Å². The molecule has 1 atom stereocenters. The summed E-state index contributed by atoms with van der Waals surface area (Å²) in [6, 6.07) is 9.06. The molecule has 0 radical (unpaired) electrons. The molecular formula is C19H24N2O5. The monoisotopic (exact) mass is 360 g/mol. The van der Waals surface area contributed by atoms with E-state index in [-0.39, 0.29) is 18.7 Å². The van der Waals surface area contributed by atoms with Gasteiger partial charge in [0.2, 0.25) is 5.91 Å². The van der Waals surface area contributed by atoms with E-state index in [0.717, 1.165) is 17.6 Å². The fraction of sp³-hybridized carbons (Fsp3) is 0.421. The molecule has 0 aromatic heterocycles. The number of likely N-dealkylation sites (N-methyl/N-ethyl adjacent to an activating group) is 1. The summed E-state index contributed by atoms with van der Waals surface area (Å²) in [5.74, 6) is -0.0684. The number of hydrogen-bond donors (Lipinski definition) is 0. The van der Waals surface area contributed by atoms with Crippen LogP contribution in [0.4, 0.5) is 4.79 Å². The minimum absolute atomic E-state index is 0.0684. The van der Waals surface area contributed by atoms with E-state index in [2.05, 4.69) is 6.08 Å². The van der Waals surface area contributed by atoms with Gasteiger partial charge in [-0.3, -0.25) is 9.69 Å². The number of rotatable bonds is 4. The van der Waals surface area contributed by atoms with Gasteiger partial charge in [0.1, 0.15) is 12.6 Å². The van der Waals surface area contributed by atoms with Crippen molar-refractivity contribution in [3.05, 3.63) is 47.5 Å². The molecule has 7 heteroatoms. The van der Waals surface area contributed by atoms with Gasteiger partial charge in [-0.15, -0.1) is 0 Å². The maximum Gasteiger partial charge on any atom is 0.411 e. The van der Waals surface area contributed by atoms with Gasteiger partial charge in [0.05, 0.1) is 0 Å². The Morgan fingerprint density at radius 2 is 1.88 bits per heavy atom. The Bertz CT molecular complexity index is 664. The summed E-state index contributed by atoms with van der Waals surface area (Å²) in [5, 5.41) is 0. The Balaban J connectivity index is 0.00000105. The Hall–Kier alpha value is -2.92. The maximum absolute atomic E-state index is 12.4. The van der Waals surface area contributed by atoms with Crippen molar-refractivity contribution in [2.75, 3.05) is 20.6 Å². The molecule has 26 heavy (non-hydrogen) atoms. The van der Waals surface area contributed by atoms with E-state index in [0.29, 0.717) is 13.0 Å². The SMILES string of the molecule is CCC=C1C[C@@H](C(=O)N(C)C)N(C(=O)OCc2ccccc2)C1.O=C=O. The molecule has 0 saturated carbocycles. The largest absolute Gasteiger partial charge is 0.445 e. The minimum Gasteiger partial charge on any atom is -0.445 e. The summed E-state index contributed by atoms with van der Waals surface area (Å²) >= 11 is 0. The average molecular weight is 360 g/mol. The highest BCUT2D eigenvalue weighted by molar-refractivity contribution is 5.86. The molecule has 7 nitrogen and oxygen atoms in total. The first-order valence-electron chi connectivity index (χ1n) is 8.30. The lowest BCUT2D eigenvalue weighted by Gasteiger charge is -2.25. The van der Waals surface area contributed by atoms with Crippen molar-refractivity contribution in [1.29, 1.82) is 0 Å². The second-order valence-corrected chi connectivity index (χ2v) is 5.97. The molecule has 1 aliphatic rings. The molecule has 2 rings (SSSR count). The molecule has 0 spiro atoms. The highest BCUT2D eigenvalue weighted by Gasteiger charge is 2.38. The van der Waals surface area contributed by atoms with E-state index in [4.69, 9.17) is 14.3 Å². The molecule has 1 aliphatic heterocycles. The number of carbonyl (C=O) groups excluding carboxylic acids is 4. The number of nitrogens with zero attached hydrogens (tertiary/aromatic N) is 2. The predicted molar refractivity (Wildman–Crippen MR) is 93.8 cm³/mol. The number of benzene rings is 1. The van der Waals surface area contributed by atoms with Crippen LogP contribution in [0.15, 0.2) is 42.0 Å². The summed E-state index contributed by atoms with van der Waals surface area (Å²) in [6.45, 7) is 2.73. The first-order valence-corrected chi connectivity index (χ1v) is 8.30. The number of allylic oxidation sites excluding steroid dienone is 1. The lowest BCUT2D eigenvalue weighted by molar-refractivity contribution is -0.191. The first kappa shape index (κ1) is 21.1. The second kappa shape index (κ2) is 10.8. The molecule has 0 N–H and O–H groups in total. The van der Waals surface area contributed by atoms with Crippen LogP contribution in [0.5, 0.6) is 0 Å². The van der Waals surface area contributed by atoms with Crippen molar-refractivity contribution in [3.63, 3.8) is 0 Å². The number of ether oxygens (including phenoxy) is 1. The van der Waals surface area contributed by atoms with E-state index in [9.17, 15) is 9.59 Å². The van der Waals surface area contributed by atoms with Crippen LogP contribution >= 0.6 is 0 Å². The van der Waals surface area contributed by atoms with Crippen molar-refractivity contribution in [1.82, 2.24) is 9.80 Å². The number of hydrogen-bond acceptors (Lipinski definition) is 5. The predicted octanol–water partition coefficient (Wildman–Crippen LogP) is 2.24. The molecule has 0 aliphatic carbocycles. The third-order valence-electron chi connectivity index (χ3n) is 3.86. The fourth-order valence-corrected chi connectivity index (χ4v) is 2.70. The van der Waals surface area contributed by atoms with Crippen LogP contribution in [0.25, 0.3) is 0 Å². The highest BCUT2D eigenvalue weighted by Crippen LogP contribution is 2.25. The van der Waals surface area contributed by atoms with Gasteiger partial charge in [-0.05, 0) is 18.4 Å². The van der Waals surface area contributed by atoms with Crippen molar-refractivity contribution in [2.45, 2.75) is 32.4 Å². The average Bonchev–Trinajstić information content (AvgIpc) is 3.05. The van der Waals surface area contributed by atoms with Crippen LogP contribution in [-0.2, 0) is 25.7 Å². The minimum atomic E-state index is -0.467. The summed E-state index contributed by atoms with van der Waals surface area (Å²) in [5.41, 5.74) is 2.05. The number of amides is 2. The van der Waals surface area contributed by atoms with Gasteiger partial charge in [-0.25, -0.2) is 4.79 Å². The number of likely N-dealkylation sites (tertiary alicyclic amines) is 1. The Kier molecular flexibility index (Phi) is 8.81. The van der Waals surface area contributed by atoms with Gasteiger partial charge in [0.15, 0.2) is 0 Å². The fourth-order valence-electron chi connectivity index (χ4n) is 2.70. The zero-order valence-electron chi connectivity index (χ0n) is 15.3. The normalized spacial score (nSPS) is 17.1. The van der Waals surface area contributed by atoms with Gasteiger partial charge in [-0.2, -0.15) is 9.59 Å². The maximum atomic E-state index is 12.4. The van der Waals surface area contributed by atoms with E-state index in [1.165, 1.54) is 9.80 Å². The Morgan fingerprint density at radius 3 is 2.42 bits per heavy atom. The molecule has 1 aromatic carbocycles. The van der Waals surface area contributed by atoms with E-state index >= 15 is 0 Å². The Morgan fingerprint density at radius 1 is 1.27 bits per heavy atom. The topological polar surface area (TPSA) is 84.0 Å². The van der Waals surface area contributed by atoms with Crippen molar-refractivity contribution in [3.8, 4) is 0 Å². The molecule has 1 heterocycles. The third-order valence-corrected chi connectivity index (χ3v) is 3.86. The standard InChI is InChI=1S/C18H24N2O3.CO2/c1-4-8-15-11-16(17(21)19(2)3)20(12-15)18(22)23-13-14-9-6-5-7-10-14;2-1-3/h5-10,16H,4,11-13H2,1-3H3;/t16-;/m0./s1. The first-order chi connectivity index (χ1) is 12.4. The van der Waals surface area contributed by atoms with Crippen LogP contribution in [0.3, 0.4) is 0 Å². The molecule has 140 valence electrons. The lowest BCUT2D eigenvalue weighted by atomic mass is 10.1. The molecule has 1 aromatic rings. The van der Waals surface area contributed by atoms with Crippen LogP contribution in [0.2, 0.25) is 0 Å². The summed E-state index contributed by atoms with van der Waals surface area (Å²) in [6.07, 6.45) is 3.38. The van der Waals surface area contributed by atoms with Gasteiger partial charge in [-0.1, -0.05) is 48.9 Å². The van der Waals surface area contributed by atoms with Gasteiger partial charge < -0.3 is 9.64 Å². The number of carbonyl (C=O) groups is 2. The quantitative estimate of drug-likeness (QED) is 0.769. The van der Waals surface area contributed by atoms with Crippen LogP contribution in [0, 0.1) is 0 Å². The molecule has 2 amide bonds. The lowest BCUT2D eigenvalue weighted by Crippen LogP contribution is -2.45. The smallest absolute Gasteiger partial charge is 0.411 e. The molecule has 1 fully saturated rings. The van der Waals surface area contributed by atoms with Gasteiger partial charge in [0, 0.05) is 20.6 Å². The van der Waals surface area contributed by atoms with Gasteiger partial charge in [0.25, 0.3) is 0 Å². The van der Waals surface area contributed by atoms with Crippen LogP contribution in [-0.4, -0.2) is 54.6 Å². The van der Waals surface area contributed by atoms with E-state index in [1.807, 2.05) is 37.3 Å². The molecule has 1 saturated heterocycles. The van der Waals surface area contributed by atoms with Crippen molar-refractivity contribution in [2.24, 2.45) is 0 Å². The summed E-state index contributed by atoms with van der Waals surface area (Å²) in [7, 11) is 3.41. The van der Waals surface area contributed by atoms with Gasteiger partial charge >= 0.3 is 12.2 Å². The van der Waals surface area contributed by atoms with E-state index < -0.39 is 12.1 Å². The molecule has 0 unspecified atom stereocenters. The van der Waals surface area contributed by atoms with E-state index in [1.54, 1.807) is 14.1 Å². The second-order valence-electron chi connectivity index (χ2n) is 5.97. The highest BCUT2D eigenvalue weighted by atomic mass is 16.6. The Labute approximate surface area is 153 Å². The summed E-state index contributed by atoms with van der Waals surface area (Å²) in [4.78, 5) is 44.1. The zero-order chi connectivity index (χ0) is 19.5. The molecular weight excluding hydrogens is 336 g/mol. The zero-order valence-corrected chi connectivity index (χ0v) is 15.3.